The predicted molar refractivity (Wildman–Crippen MR) is 116 cm³/mol. The molecule has 0 spiro atoms. The van der Waals surface area contributed by atoms with Crippen molar-refractivity contribution in [3.05, 3.63) is 35.7 Å². The van der Waals surface area contributed by atoms with Crippen molar-refractivity contribution in [2.45, 2.75) is 32.9 Å². The third kappa shape index (κ3) is 3.80. The number of hydrogen-bond donors (Lipinski definition) is 2. The SMILES string of the molecule is COc1ncc2c(N3C[C@H](C)N[C@@H](C)C3)ccc(C(=O)Nc3cc(C)nn3C)c2n1. The summed E-state index contributed by atoms with van der Waals surface area (Å²) in [6.45, 7) is 7.95. The van der Waals surface area contributed by atoms with Gasteiger partial charge in [-0.2, -0.15) is 10.1 Å². The molecule has 0 aliphatic carbocycles. The van der Waals surface area contributed by atoms with Crippen molar-refractivity contribution in [2.24, 2.45) is 7.05 Å². The van der Waals surface area contributed by atoms with Crippen LogP contribution in [0.25, 0.3) is 10.9 Å². The number of benzene rings is 1. The van der Waals surface area contributed by atoms with Gasteiger partial charge in [-0.15, -0.1) is 0 Å². The summed E-state index contributed by atoms with van der Waals surface area (Å²) < 4.78 is 6.87. The molecule has 0 unspecified atom stereocenters. The molecule has 0 radical (unpaired) electrons. The molecule has 9 nitrogen and oxygen atoms in total. The summed E-state index contributed by atoms with van der Waals surface area (Å²) in [6.07, 6.45) is 1.73. The third-order valence-corrected chi connectivity index (χ3v) is 5.27. The predicted octanol–water partition coefficient (Wildman–Crippen LogP) is 2.12. The smallest absolute Gasteiger partial charge is 0.316 e. The lowest BCUT2D eigenvalue weighted by atomic mass is 10.0. The van der Waals surface area contributed by atoms with Gasteiger partial charge in [-0.05, 0) is 32.9 Å². The Hall–Kier alpha value is -3.20. The fourth-order valence-corrected chi connectivity index (χ4v) is 4.08. The summed E-state index contributed by atoms with van der Waals surface area (Å²) in [5, 5.41) is 11.6. The molecule has 158 valence electrons. The van der Waals surface area contributed by atoms with Crippen LogP contribution in [0.2, 0.25) is 0 Å². The van der Waals surface area contributed by atoms with Crippen LogP contribution in [-0.4, -0.2) is 57.9 Å². The van der Waals surface area contributed by atoms with Gasteiger partial charge in [-0.1, -0.05) is 0 Å². The van der Waals surface area contributed by atoms with E-state index in [1.165, 1.54) is 7.11 Å². The number of piperazine rings is 1. The van der Waals surface area contributed by atoms with Crippen LogP contribution in [0, 0.1) is 6.92 Å². The number of ether oxygens (including phenoxy) is 1. The highest BCUT2D eigenvalue weighted by atomic mass is 16.5. The van der Waals surface area contributed by atoms with Crippen molar-refractivity contribution < 1.29 is 9.53 Å². The first-order chi connectivity index (χ1) is 14.4. The van der Waals surface area contributed by atoms with E-state index < -0.39 is 0 Å². The molecule has 1 aliphatic rings. The van der Waals surface area contributed by atoms with Crippen LogP contribution in [0.3, 0.4) is 0 Å². The van der Waals surface area contributed by atoms with Gasteiger partial charge in [0.05, 0.1) is 23.9 Å². The molecular formula is C21H27N7O2. The number of anilines is 2. The Balaban J connectivity index is 1.77. The van der Waals surface area contributed by atoms with Crippen molar-refractivity contribution in [1.82, 2.24) is 25.1 Å². The molecule has 4 rings (SSSR count). The molecule has 0 bridgehead atoms. The lowest BCUT2D eigenvalue weighted by Gasteiger charge is -2.38. The number of hydrogen-bond acceptors (Lipinski definition) is 7. The molecule has 9 heteroatoms. The Kier molecular flexibility index (Phi) is 5.29. The number of nitrogens with one attached hydrogen (secondary N) is 2. The standard InChI is InChI=1S/C21H27N7O2/c1-12-8-18(27(4)26-12)24-20(29)15-6-7-17(28-10-13(2)23-14(3)11-28)16-9-22-21(30-5)25-19(15)16/h6-9,13-14,23H,10-11H2,1-5H3,(H,24,29)/t13-,14-/m0/s1. The van der Waals surface area contributed by atoms with Gasteiger partial charge in [0.2, 0.25) is 0 Å². The molecule has 0 saturated carbocycles. The summed E-state index contributed by atoms with van der Waals surface area (Å²) >= 11 is 0. The minimum Gasteiger partial charge on any atom is -0.467 e. The Bertz CT molecular complexity index is 1080. The Morgan fingerprint density at radius 2 is 2.00 bits per heavy atom. The van der Waals surface area contributed by atoms with Gasteiger partial charge in [0.1, 0.15) is 5.82 Å². The minimum atomic E-state index is -0.252. The van der Waals surface area contributed by atoms with E-state index in [2.05, 4.69) is 44.4 Å². The number of nitrogens with zero attached hydrogens (tertiary/aromatic N) is 5. The van der Waals surface area contributed by atoms with Crippen LogP contribution < -0.4 is 20.3 Å². The molecule has 2 N–H and O–H groups in total. The highest BCUT2D eigenvalue weighted by Gasteiger charge is 2.24. The second-order valence-electron chi connectivity index (χ2n) is 7.87. The summed E-state index contributed by atoms with van der Waals surface area (Å²) in [5.41, 5.74) is 2.87. The zero-order valence-electron chi connectivity index (χ0n) is 17.9. The van der Waals surface area contributed by atoms with Gasteiger partial charge < -0.3 is 20.3 Å². The average molecular weight is 409 g/mol. The van der Waals surface area contributed by atoms with Gasteiger partial charge in [0, 0.05) is 55.6 Å². The van der Waals surface area contributed by atoms with Crippen molar-refractivity contribution in [2.75, 3.05) is 30.4 Å². The molecule has 1 aliphatic heterocycles. The Morgan fingerprint density at radius 3 is 2.63 bits per heavy atom. The second kappa shape index (κ2) is 7.91. The zero-order valence-corrected chi connectivity index (χ0v) is 17.9. The molecule has 2 aromatic heterocycles. The number of carbonyl (C=O) groups excluding carboxylic acids is 1. The van der Waals surface area contributed by atoms with Gasteiger partial charge in [-0.25, -0.2) is 4.98 Å². The number of rotatable bonds is 4. The monoisotopic (exact) mass is 409 g/mol. The Morgan fingerprint density at radius 1 is 1.27 bits per heavy atom. The average Bonchev–Trinajstić information content (AvgIpc) is 3.02. The number of methoxy groups -OCH3 is 1. The molecule has 1 aromatic carbocycles. The van der Waals surface area contributed by atoms with Gasteiger partial charge >= 0.3 is 6.01 Å². The molecule has 1 amide bonds. The van der Waals surface area contributed by atoms with E-state index in [9.17, 15) is 4.79 Å². The molecule has 30 heavy (non-hydrogen) atoms. The number of carbonyl (C=O) groups is 1. The summed E-state index contributed by atoms with van der Waals surface area (Å²) in [6, 6.07) is 6.57. The van der Waals surface area contributed by atoms with Gasteiger partial charge in [0.15, 0.2) is 0 Å². The first-order valence-corrected chi connectivity index (χ1v) is 10.0. The highest BCUT2D eigenvalue weighted by Crippen LogP contribution is 2.31. The molecule has 1 saturated heterocycles. The summed E-state index contributed by atoms with van der Waals surface area (Å²) in [5.74, 6) is 0.373. The van der Waals surface area contributed by atoms with Crippen LogP contribution in [-0.2, 0) is 7.05 Å². The van der Waals surface area contributed by atoms with E-state index in [-0.39, 0.29) is 11.9 Å². The molecular weight excluding hydrogens is 382 g/mol. The van der Waals surface area contributed by atoms with E-state index in [0.29, 0.717) is 29.0 Å². The van der Waals surface area contributed by atoms with Crippen molar-refractivity contribution in [3.63, 3.8) is 0 Å². The maximum atomic E-state index is 13.1. The van der Waals surface area contributed by atoms with E-state index in [4.69, 9.17) is 4.74 Å². The Labute approximate surface area is 175 Å². The third-order valence-electron chi connectivity index (χ3n) is 5.27. The van der Waals surface area contributed by atoms with Crippen LogP contribution in [0.5, 0.6) is 6.01 Å². The number of aromatic nitrogens is 4. The molecule has 3 aromatic rings. The van der Waals surface area contributed by atoms with E-state index in [0.717, 1.165) is 29.9 Å². The summed E-state index contributed by atoms with van der Waals surface area (Å²) in [7, 11) is 3.31. The van der Waals surface area contributed by atoms with Crippen LogP contribution in [0.15, 0.2) is 24.4 Å². The first-order valence-electron chi connectivity index (χ1n) is 10.0. The van der Waals surface area contributed by atoms with E-state index in [1.54, 1.807) is 17.9 Å². The normalized spacial score (nSPS) is 19.2. The lowest BCUT2D eigenvalue weighted by Crippen LogP contribution is -2.54. The fraction of sp³-hybridized carbons (Fsp3) is 0.429. The number of aryl methyl sites for hydroxylation is 2. The number of fused-ring (bicyclic) bond motifs is 1. The van der Waals surface area contributed by atoms with Crippen LogP contribution in [0.1, 0.15) is 29.9 Å². The van der Waals surface area contributed by atoms with Crippen molar-refractivity contribution in [3.8, 4) is 6.01 Å². The molecule has 3 heterocycles. The maximum absolute atomic E-state index is 13.1. The van der Waals surface area contributed by atoms with Crippen molar-refractivity contribution >= 4 is 28.3 Å². The van der Waals surface area contributed by atoms with E-state index >= 15 is 0 Å². The van der Waals surface area contributed by atoms with Crippen LogP contribution in [0.4, 0.5) is 11.5 Å². The molecule has 1 fully saturated rings. The minimum absolute atomic E-state index is 0.229. The second-order valence-corrected chi connectivity index (χ2v) is 7.87. The molecule has 2 atom stereocenters. The zero-order chi connectivity index (χ0) is 21.4. The summed E-state index contributed by atoms with van der Waals surface area (Å²) in [4.78, 5) is 24.2. The van der Waals surface area contributed by atoms with Crippen LogP contribution >= 0.6 is 0 Å². The van der Waals surface area contributed by atoms with Gasteiger partial charge in [-0.3, -0.25) is 9.48 Å². The quantitative estimate of drug-likeness (QED) is 0.681. The largest absolute Gasteiger partial charge is 0.467 e. The van der Waals surface area contributed by atoms with Crippen molar-refractivity contribution in [1.29, 1.82) is 0 Å². The first kappa shape index (κ1) is 20.1. The topological polar surface area (TPSA) is 97.2 Å². The number of amides is 1. The van der Waals surface area contributed by atoms with Gasteiger partial charge in [0.25, 0.3) is 5.91 Å². The lowest BCUT2D eigenvalue weighted by molar-refractivity contribution is 0.102. The fourth-order valence-electron chi connectivity index (χ4n) is 4.08. The maximum Gasteiger partial charge on any atom is 0.316 e. The highest BCUT2D eigenvalue weighted by molar-refractivity contribution is 6.13. The van der Waals surface area contributed by atoms with E-state index in [1.807, 2.05) is 25.1 Å².